The van der Waals surface area contributed by atoms with Crippen molar-refractivity contribution in [1.82, 2.24) is 0 Å². The van der Waals surface area contributed by atoms with Crippen LogP contribution < -0.4 is 0 Å². The highest BCUT2D eigenvalue weighted by molar-refractivity contribution is 5.89. The van der Waals surface area contributed by atoms with Crippen molar-refractivity contribution in [2.45, 2.75) is 91.6 Å². The molecule has 0 aromatic carbocycles. The summed E-state index contributed by atoms with van der Waals surface area (Å²) in [6, 6.07) is 0. The van der Waals surface area contributed by atoms with Gasteiger partial charge in [-0.1, -0.05) is 42.7 Å². The van der Waals surface area contributed by atoms with Gasteiger partial charge >= 0.3 is 11.9 Å². The van der Waals surface area contributed by atoms with Crippen LogP contribution in [-0.4, -0.2) is 24.6 Å². The van der Waals surface area contributed by atoms with E-state index in [0.717, 1.165) is 31.3 Å². The van der Waals surface area contributed by atoms with Gasteiger partial charge in [0.05, 0.1) is 13.0 Å². The lowest BCUT2D eigenvalue weighted by atomic mass is 9.71. The number of allylic oxidation sites excluding steroid dienone is 4. The molecule has 0 saturated carbocycles. The van der Waals surface area contributed by atoms with E-state index >= 15 is 0 Å². The monoisotopic (exact) mass is 400 g/mol. The van der Waals surface area contributed by atoms with Gasteiger partial charge in [-0.05, 0) is 64.2 Å². The van der Waals surface area contributed by atoms with E-state index in [1.54, 1.807) is 11.1 Å². The topological polar surface area (TPSA) is 52.6 Å². The first-order valence-electron chi connectivity index (χ1n) is 11.2. The minimum absolute atomic E-state index is 0.00758. The summed E-state index contributed by atoms with van der Waals surface area (Å²) in [6.07, 6.45) is 12.8. The fourth-order valence-corrected chi connectivity index (χ4v) is 4.99. The van der Waals surface area contributed by atoms with Gasteiger partial charge in [-0.15, -0.1) is 0 Å². The zero-order valence-electron chi connectivity index (χ0n) is 18.5. The van der Waals surface area contributed by atoms with E-state index in [0.29, 0.717) is 24.9 Å². The molecule has 3 aliphatic rings. The lowest BCUT2D eigenvalue weighted by molar-refractivity contribution is -0.148. The van der Waals surface area contributed by atoms with Crippen LogP contribution in [0.5, 0.6) is 0 Å². The van der Waals surface area contributed by atoms with Crippen molar-refractivity contribution in [1.29, 1.82) is 0 Å². The molecule has 2 heterocycles. The van der Waals surface area contributed by atoms with Crippen LogP contribution in [-0.2, 0) is 19.1 Å². The lowest BCUT2D eigenvalue weighted by Crippen LogP contribution is -2.31. The lowest BCUT2D eigenvalue weighted by Gasteiger charge is -2.35. The molecular weight excluding hydrogens is 364 g/mol. The zero-order valence-corrected chi connectivity index (χ0v) is 18.5. The molecule has 0 N–H and O–H groups in total. The molecule has 4 nitrogen and oxygen atoms in total. The maximum atomic E-state index is 12.3. The molecule has 1 aliphatic carbocycles. The van der Waals surface area contributed by atoms with Crippen molar-refractivity contribution in [3.05, 3.63) is 34.4 Å². The predicted molar refractivity (Wildman–Crippen MR) is 114 cm³/mol. The Hall–Kier alpha value is -1.84. The average Bonchev–Trinajstić information content (AvgIpc) is 3.08. The fourth-order valence-electron chi connectivity index (χ4n) is 4.99. The molecule has 3 rings (SSSR count). The Labute approximate surface area is 175 Å². The van der Waals surface area contributed by atoms with Crippen LogP contribution in [0.15, 0.2) is 34.4 Å². The number of hydrogen-bond acceptors (Lipinski definition) is 4. The molecule has 0 radical (unpaired) electrons. The Balaban J connectivity index is 1.46. The van der Waals surface area contributed by atoms with Crippen LogP contribution in [0.4, 0.5) is 0 Å². The minimum Gasteiger partial charge on any atom is -0.465 e. The van der Waals surface area contributed by atoms with Crippen molar-refractivity contribution in [3.8, 4) is 0 Å². The van der Waals surface area contributed by atoms with Gasteiger partial charge in [-0.25, -0.2) is 4.79 Å². The SMILES string of the molecule is CC1=C(CC/C(C)=C/CCC2=CC[C@H]([C@H]3COC(=O)C3)OC2=O)C(C)(C)CCC1. The number of ether oxygens (including phenoxy) is 2. The Bertz CT molecular complexity index is 738. The summed E-state index contributed by atoms with van der Waals surface area (Å²) < 4.78 is 10.6. The second kappa shape index (κ2) is 9.32. The Kier molecular flexibility index (Phi) is 7.02. The summed E-state index contributed by atoms with van der Waals surface area (Å²) in [5.41, 5.74) is 5.74. The van der Waals surface area contributed by atoms with Crippen LogP contribution in [0.3, 0.4) is 0 Å². The highest BCUT2D eigenvalue weighted by Crippen LogP contribution is 2.42. The molecule has 0 aromatic rings. The van der Waals surface area contributed by atoms with E-state index in [2.05, 4.69) is 33.8 Å². The first-order chi connectivity index (χ1) is 13.8. The van der Waals surface area contributed by atoms with Gasteiger partial charge in [-0.2, -0.15) is 0 Å². The molecular formula is C25H36O4. The van der Waals surface area contributed by atoms with E-state index in [1.165, 1.54) is 24.8 Å². The summed E-state index contributed by atoms with van der Waals surface area (Å²) in [5, 5.41) is 0. The molecule has 29 heavy (non-hydrogen) atoms. The first kappa shape index (κ1) is 21.9. The molecule has 2 aliphatic heterocycles. The molecule has 0 aromatic heterocycles. The predicted octanol–water partition coefficient (Wildman–Crippen LogP) is 5.82. The number of esters is 2. The molecule has 1 saturated heterocycles. The summed E-state index contributed by atoms with van der Waals surface area (Å²) in [4.78, 5) is 23.6. The summed E-state index contributed by atoms with van der Waals surface area (Å²) >= 11 is 0. The third kappa shape index (κ3) is 5.61. The molecule has 4 heteroatoms. The fraction of sp³-hybridized carbons (Fsp3) is 0.680. The Morgan fingerprint density at radius 3 is 2.72 bits per heavy atom. The number of carbonyl (C=O) groups excluding carboxylic acids is 2. The average molecular weight is 401 g/mol. The van der Waals surface area contributed by atoms with Crippen LogP contribution in [0.1, 0.15) is 85.5 Å². The van der Waals surface area contributed by atoms with Crippen LogP contribution >= 0.6 is 0 Å². The van der Waals surface area contributed by atoms with Crippen LogP contribution in [0.25, 0.3) is 0 Å². The van der Waals surface area contributed by atoms with Gasteiger partial charge in [0, 0.05) is 17.9 Å². The summed E-state index contributed by atoms with van der Waals surface area (Å²) in [7, 11) is 0. The van der Waals surface area contributed by atoms with Gasteiger partial charge in [0.25, 0.3) is 0 Å². The largest absolute Gasteiger partial charge is 0.465 e. The minimum atomic E-state index is -0.226. The second-order valence-corrected chi connectivity index (χ2v) is 9.64. The van der Waals surface area contributed by atoms with E-state index < -0.39 is 0 Å². The number of cyclic esters (lactones) is 2. The van der Waals surface area contributed by atoms with Crippen LogP contribution in [0.2, 0.25) is 0 Å². The number of hydrogen-bond donors (Lipinski definition) is 0. The molecule has 0 unspecified atom stereocenters. The summed E-state index contributed by atoms with van der Waals surface area (Å²) in [6.45, 7) is 9.64. The number of rotatable bonds is 7. The van der Waals surface area contributed by atoms with E-state index in [4.69, 9.17) is 9.47 Å². The molecule has 0 spiro atoms. The third-order valence-electron chi connectivity index (χ3n) is 6.89. The number of carbonyl (C=O) groups is 2. The molecule has 160 valence electrons. The maximum Gasteiger partial charge on any atom is 0.333 e. The zero-order chi connectivity index (χ0) is 21.0. The van der Waals surface area contributed by atoms with E-state index in [1.807, 2.05) is 6.08 Å². The normalized spacial score (nSPS) is 27.6. The molecule has 0 bridgehead atoms. The van der Waals surface area contributed by atoms with Gasteiger partial charge in [0.15, 0.2) is 0 Å². The van der Waals surface area contributed by atoms with Crippen molar-refractivity contribution < 1.29 is 19.1 Å². The Morgan fingerprint density at radius 2 is 2.07 bits per heavy atom. The smallest absolute Gasteiger partial charge is 0.333 e. The van der Waals surface area contributed by atoms with Gasteiger partial charge in [0.1, 0.15) is 6.10 Å². The third-order valence-corrected chi connectivity index (χ3v) is 6.89. The Morgan fingerprint density at radius 1 is 1.28 bits per heavy atom. The van der Waals surface area contributed by atoms with E-state index in [-0.39, 0.29) is 24.0 Å². The van der Waals surface area contributed by atoms with Crippen molar-refractivity contribution in [3.63, 3.8) is 0 Å². The van der Waals surface area contributed by atoms with Crippen molar-refractivity contribution in [2.24, 2.45) is 11.3 Å². The van der Waals surface area contributed by atoms with Crippen molar-refractivity contribution >= 4 is 11.9 Å². The quantitative estimate of drug-likeness (QED) is 0.399. The molecule has 1 fully saturated rings. The highest BCUT2D eigenvalue weighted by Gasteiger charge is 2.35. The molecule has 0 amide bonds. The highest BCUT2D eigenvalue weighted by atomic mass is 16.6. The first-order valence-corrected chi connectivity index (χ1v) is 11.2. The van der Waals surface area contributed by atoms with Crippen LogP contribution in [0, 0.1) is 11.3 Å². The van der Waals surface area contributed by atoms with Gasteiger partial charge in [0.2, 0.25) is 0 Å². The van der Waals surface area contributed by atoms with E-state index in [9.17, 15) is 9.59 Å². The summed E-state index contributed by atoms with van der Waals surface area (Å²) in [5.74, 6) is -0.409. The molecule has 2 atom stereocenters. The maximum absolute atomic E-state index is 12.3. The van der Waals surface area contributed by atoms with Gasteiger partial charge in [-0.3, -0.25) is 4.79 Å². The van der Waals surface area contributed by atoms with Crippen molar-refractivity contribution in [2.75, 3.05) is 6.61 Å². The standard InChI is InChI=1S/C25H36O4/c1-17(10-12-21-18(2)8-6-14-25(21,3)4)7-5-9-19-11-13-22(29-24(19)27)20-15-23(26)28-16-20/h7,11,20,22H,5-6,8-10,12-16H2,1-4H3/b17-7+/t20-,22-/m1/s1. The van der Waals surface area contributed by atoms with Gasteiger partial charge < -0.3 is 9.47 Å². The second-order valence-electron chi connectivity index (χ2n) is 9.64.